The van der Waals surface area contributed by atoms with Gasteiger partial charge >= 0.3 is 0 Å². The minimum atomic E-state index is 0.641. The van der Waals surface area contributed by atoms with Crippen molar-refractivity contribution in [2.24, 2.45) is 5.92 Å². The Bertz CT molecular complexity index is 909. The lowest BCUT2D eigenvalue weighted by Crippen LogP contribution is -2.04. The molecule has 1 rings (SSSR count). The number of aryl methyl sites for hydroxylation is 1. The van der Waals surface area contributed by atoms with E-state index in [9.17, 15) is 0 Å². The molecule has 0 saturated heterocycles. The second kappa shape index (κ2) is 30.7. The van der Waals surface area contributed by atoms with Crippen LogP contribution in [0.4, 0.5) is 0 Å². The van der Waals surface area contributed by atoms with Crippen LogP contribution in [-0.4, -0.2) is 16.9 Å². The summed E-state index contributed by atoms with van der Waals surface area (Å²) in [5, 5.41) is 15.4. The van der Waals surface area contributed by atoms with Crippen LogP contribution in [0.1, 0.15) is 138 Å². The van der Waals surface area contributed by atoms with Gasteiger partial charge in [0.1, 0.15) is 0 Å². The number of allylic oxidation sites excluding steroid dienone is 8. The molecule has 3 heteroatoms. The highest BCUT2D eigenvalue weighted by Gasteiger charge is 2.09. The Morgan fingerprint density at radius 2 is 1.55 bits per heavy atom. The summed E-state index contributed by atoms with van der Waals surface area (Å²) in [6, 6.07) is 1.97. The zero-order chi connectivity index (χ0) is 32.1. The van der Waals surface area contributed by atoms with Crippen molar-refractivity contribution in [2.75, 3.05) is 0 Å². The fourth-order valence-electron chi connectivity index (χ4n) is 3.16. The molecule has 40 heavy (non-hydrogen) atoms. The lowest BCUT2D eigenvalue weighted by atomic mass is 10.00. The zero-order valence-electron chi connectivity index (χ0n) is 28.7. The first-order valence-corrected chi connectivity index (χ1v) is 15.4. The lowest BCUT2D eigenvalue weighted by Gasteiger charge is -2.10. The summed E-state index contributed by atoms with van der Waals surface area (Å²) in [6.07, 6.45) is 18.0. The number of hydrogen-bond acceptors (Lipinski definition) is 3. The van der Waals surface area contributed by atoms with Crippen molar-refractivity contribution in [3.63, 3.8) is 0 Å². The normalized spacial score (nSPS) is 10.6. The van der Waals surface area contributed by atoms with Gasteiger partial charge in [0.25, 0.3) is 0 Å². The molecule has 0 aliphatic rings. The largest absolute Gasteiger partial charge is 0.308 e. The molecule has 0 aromatic carbocycles. The monoisotopic (exact) mass is 552 g/mol. The van der Waals surface area contributed by atoms with Gasteiger partial charge in [-0.05, 0) is 64.5 Å². The minimum Gasteiger partial charge on any atom is -0.308 e. The zero-order valence-corrected chi connectivity index (χ0v) is 28.7. The van der Waals surface area contributed by atoms with Crippen molar-refractivity contribution >= 4 is 17.5 Å². The maximum absolute atomic E-state index is 7.98. The van der Waals surface area contributed by atoms with Gasteiger partial charge in [0.05, 0.1) is 5.69 Å². The highest BCUT2D eigenvalue weighted by molar-refractivity contribution is 6.09. The fourth-order valence-corrected chi connectivity index (χ4v) is 3.16. The molecule has 0 aliphatic heterocycles. The molecule has 0 amide bonds. The van der Waals surface area contributed by atoms with Crippen molar-refractivity contribution in [3.8, 4) is 0 Å². The van der Waals surface area contributed by atoms with E-state index in [1.807, 2.05) is 67.5 Å². The molecule has 2 N–H and O–H groups in total. The third-order valence-corrected chi connectivity index (χ3v) is 5.56. The molecule has 0 aliphatic carbocycles. The molecule has 3 nitrogen and oxygen atoms in total. The van der Waals surface area contributed by atoms with Crippen LogP contribution < -0.4 is 0 Å². The maximum Gasteiger partial charge on any atom is 0.0719 e. The van der Waals surface area contributed by atoms with E-state index in [0.29, 0.717) is 5.71 Å². The van der Waals surface area contributed by atoms with Crippen molar-refractivity contribution in [2.45, 2.75) is 129 Å². The first-order chi connectivity index (χ1) is 19.0. The van der Waals surface area contributed by atoms with E-state index in [0.717, 1.165) is 53.1 Å². The van der Waals surface area contributed by atoms with Crippen LogP contribution >= 0.6 is 0 Å². The molecule has 0 bridgehead atoms. The Kier molecular flexibility index (Phi) is 34.0. The standard InChI is InChI=1S/C15H21N3.C10H16.C8H16.2C2H6/c1-5-6-14(17)13-9-18-15(7-11(13)4)12(8-16)10(2)3;1-5-7-10(4)8-9(3)6-2;1-4-6-7-8(3)5-2;2*1-2/h7-9,16-17H,5-6H2,1-4H3;6,8H,2,4-5,7H2,1,3H3;6-8H,4-5H2,1-3H3;2*1-2H3/b;9-8-;7-6-;;. The van der Waals surface area contributed by atoms with Gasteiger partial charge in [0.15, 0.2) is 0 Å². The number of rotatable bonds is 12. The smallest absolute Gasteiger partial charge is 0.0719 e. The summed E-state index contributed by atoms with van der Waals surface area (Å²) in [4.78, 5) is 4.39. The molecule has 1 atom stereocenters. The second-order valence-electron chi connectivity index (χ2n) is 9.39. The van der Waals surface area contributed by atoms with E-state index < -0.39 is 0 Å². The van der Waals surface area contributed by atoms with Crippen LogP contribution in [0.5, 0.6) is 0 Å². The summed E-state index contributed by atoms with van der Waals surface area (Å²) in [6.45, 7) is 34.4. The van der Waals surface area contributed by atoms with Gasteiger partial charge in [0.2, 0.25) is 0 Å². The Hall–Kier alpha value is -2.81. The first-order valence-electron chi connectivity index (χ1n) is 15.4. The average Bonchev–Trinajstić information content (AvgIpc) is 2.95. The number of nitrogens with one attached hydrogen (secondary N) is 2. The van der Waals surface area contributed by atoms with E-state index in [2.05, 4.69) is 71.0 Å². The maximum atomic E-state index is 7.98. The summed E-state index contributed by atoms with van der Waals surface area (Å²) in [5.74, 6) is 0.773. The summed E-state index contributed by atoms with van der Waals surface area (Å²) in [7, 11) is 0. The molecule has 0 saturated carbocycles. The van der Waals surface area contributed by atoms with Gasteiger partial charge < -0.3 is 10.8 Å². The number of pyridine rings is 1. The molecule has 1 aromatic heterocycles. The molecular formula is C37H65N3. The Morgan fingerprint density at radius 1 is 1.00 bits per heavy atom. The molecule has 1 unspecified atom stereocenters. The van der Waals surface area contributed by atoms with Gasteiger partial charge in [0, 0.05) is 29.3 Å². The Balaban J connectivity index is -0.000000250. The van der Waals surface area contributed by atoms with E-state index in [1.165, 1.54) is 36.6 Å². The quantitative estimate of drug-likeness (QED) is 0.151. The van der Waals surface area contributed by atoms with Gasteiger partial charge in [-0.2, -0.15) is 0 Å². The molecule has 228 valence electrons. The molecular weight excluding hydrogens is 486 g/mol. The summed E-state index contributed by atoms with van der Waals surface area (Å²) in [5.41, 5.74) is 7.74. The molecule has 1 heterocycles. The summed E-state index contributed by atoms with van der Waals surface area (Å²) < 4.78 is 0. The predicted molar refractivity (Wildman–Crippen MR) is 187 cm³/mol. The van der Waals surface area contributed by atoms with Crippen LogP contribution in [0, 0.1) is 23.7 Å². The predicted octanol–water partition coefficient (Wildman–Crippen LogP) is 12.5. The molecule has 0 fully saturated rings. The van der Waals surface area contributed by atoms with Crippen LogP contribution in [0.15, 0.2) is 66.4 Å². The minimum absolute atomic E-state index is 0.641. The number of aromatic nitrogens is 1. The van der Waals surface area contributed by atoms with E-state index >= 15 is 0 Å². The summed E-state index contributed by atoms with van der Waals surface area (Å²) >= 11 is 0. The van der Waals surface area contributed by atoms with Crippen molar-refractivity contribution < 1.29 is 0 Å². The topological polar surface area (TPSA) is 60.6 Å². The van der Waals surface area contributed by atoms with Gasteiger partial charge in [-0.25, -0.2) is 0 Å². The highest BCUT2D eigenvalue weighted by Crippen LogP contribution is 2.18. The lowest BCUT2D eigenvalue weighted by molar-refractivity contribution is 0.695. The van der Waals surface area contributed by atoms with Crippen molar-refractivity contribution in [1.82, 2.24) is 4.98 Å². The van der Waals surface area contributed by atoms with E-state index in [4.69, 9.17) is 10.8 Å². The van der Waals surface area contributed by atoms with E-state index in [1.54, 1.807) is 6.20 Å². The second-order valence-corrected chi connectivity index (χ2v) is 9.39. The molecule has 0 spiro atoms. The van der Waals surface area contributed by atoms with Gasteiger partial charge in [-0.15, -0.1) is 0 Å². The number of hydrogen-bond donors (Lipinski definition) is 2. The third-order valence-electron chi connectivity index (χ3n) is 5.56. The first kappa shape index (κ1) is 44.2. The van der Waals surface area contributed by atoms with Crippen LogP contribution in [0.2, 0.25) is 0 Å². The van der Waals surface area contributed by atoms with Crippen LogP contribution in [0.25, 0.3) is 5.57 Å². The highest BCUT2D eigenvalue weighted by atomic mass is 14.7. The van der Waals surface area contributed by atoms with Gasteiger partial charge in [-0.3, -0.25) is 4.98 Å². The van der Waals surface area contributed by atoms with Gasteiger partial charge in [-0.1, -0.05) is 136 Å². The molecule has 1 aromatic rings. The third kappa shape index (κ3) is 23.1. The van der Waals surface area contributed by atoms with Crippen molar-refractivity contribution in [3.05, 3.63) is 83.3 Å². The van der Waals surface area contributed by atoms with E-state index in [-0.39, 0.29) is 0 Å². The SMILES string of the molecule is C=C/C(C)=C\C(=C)CCC.CC.CC.CC/C=C\C(C)CC.CCCC(=N)c1cnc(C(C=N)=C(C)C)cc1C. The van der Waals surface area contributed by atoms with Crippen LogP contribution in [-0.2, 0) is 0 Å². The fraction of sp³-hybridized carbons (Fsp3) is 0.541. The van der Waals surface area contributed by atoms with Crippen LogP contribution in [0.3, 0.4) is 0 Å². The van der Waals surface area contributed by atoms with Crippen molar-refractivity contribution in [1.29, 1.82) is 10.8 Å². The average molecular weight is 552 g/mol. The number of nitrogens with zero attached hydrogens (tertiary/aromatic N) is 1. The Labute approximate surface area is 250 Å². The molecule has 0 radical (unpaired) electrons. The Morgan fingerprint density at radius 3 is 1.93 bits per heavy atom.